The first-order valence-corrected chi connectivity index (χ1v) is 8.06. The average molecular weight is 368 g/mol. The molecule has 1 heterocycles. The molecule has 10 heteroatoms. The maximum atomic E-state index is 14.3. The third-order valence-corrected chi connectivity index (χ3v) is 4.86. The van der Waals surface area contributed by atoms with Gasteiger partial charge in [0.05, 0.1) is 6.04 Å². The van der Waals surface area contributed by atoms with Gasteiger partial charge in [-0.15, -0.1) is 0 Å². The predicted molar refractivity (Wildman–Crippen MR) is 85.5 cm³/mol. The molecule has 0 radical (unpaired) electrons. The number of halogens is 2. The molecule has 0 bridgehead atoms. The Kier molecular flexibility index (Phi) is 4.53. The number of amides is 3. The van der Waals surface area contributed by atoms with Crippen LogP contribution in [0.3, 0.4) is 0 Å². The SMILES string of the molecule is NNC(=O)c1ccc2c(c1)C(=O)N([C@@H]1CCCC(F)(F)[C@H]1NC(=O)O)C2. The lowest BCUT2D eigenvalue weighted by atomic mass is 9.86. The summed E-state index contributed by atoms with van der Waals surface area (Å²) in [5, 5.41) is 10.8. The van der Waals surface area contributed by atoms with Crippen LogP contribution >= 0.6 is 0 Å². The number of benzene rings is 1. The Morgan fingerprint density at radius 3 is 2.73 bits per heavy atom. The van der Waals surface area contributed by atoms with Crippen LogP contribution in [-0.2, 0) is 6.54 Å². The molecule has 0 unspecified atom stereocenters. The number of nitrogens with two attached hydrogens (primary N) is 1. The molecule has 1 aliphatic heterocycles. The normalized spacial score (nSPS) is 24.1. The molecular weight excluding hydrogens is 350 g/mol. The Bertz CT molecular complexity index is 771. The highest BCUT2D eigenvalue weighted by atomic mass is 19.3. The average Bonchev–Trinajstić information content (AvgIpc) is 2.91. The Morgan fingerprint density at radius 1 is 1.35 bits per heavy atom. The highest BCUT2D eigenvalue weighted by Gasteiger charge is 2.51. The fourth-order valence-electron chi connectivity index (χ4n) is 3.64. The smallest absolute Gasteiger partial charge is 0.405 e. The Labute approximate surface area is 147 Å². The fraction of sp³-hybridized carbons (Fsp3) is 0.438. The second-order valence-corrected chi connectivity index (χ2v) is 6.43. The molecule has 1 fully saturated rings. The fourth-order valence-corrected chi connectivity index (χ4v) is 3.64. The van der Waals surface area contributed by atoms with E-state index in [-0.39, 0.29) is 30.5 Å². The van der Waals surface area contributed by atoms with Gasteiger partial charge < -0.3 is 15.3 Å². The number of alkyl halides is 2. The zero-order valence-electron chi connectivity index (χ0n) is 13.7. The molecule has 26 heavy (non-hydrogen) atoms. The molecular formula is C16H18F2N4O4. The molecule has 3 rings (SSSR count). The molecule has 140 valence electrons. The van der Waals surface area contributed by atoms with Gasteiger partial charge in [-0.25, -0.2) is 19.4 Å². The van der Waals surface area contributed by atoms with Crippen LogP contribution < -0.4 is 16.6 Å². The van der Waals surface area contributed by atoms with Crippen LogP contribution in [0, 0.1) is 0 Å². The van der Waals surface area contributed by atoms with Gasteiger partial charge in [0.1, 0.15) is 6.04 Å². The maximum absolute atomic E-state index is 14.3. The van der Waals surface area contributed by atoms with E-state index >= 15 is 0 Å². The summed E-state index contributed by atoms with van der Waals surface area (Å²) < 4.78 is 28.5. The van der Waals surface area contributed by atoms with Gasteiger partial charge >= 0.3 is 6.09 Å². The number of carbonyl (C=O) groups excluding carboxylic acids is 2. The highest BCUT2D eigenvalue weighted by molar-refractivity contribution is 6.02. The molecule has 2 atom stereocenters. The van der Waals surface area contributed by atoms with Crippen molar-refractivity contribution < 1.29 is 28.3 Å². The number of nitrogen functional groups attached to an aromatic ring is 1. The van der Waals surface area contributed by atoms with Crippen LogP contribution in [0.2, 0.25) is 0 Å². The monoisotopic (exact) mass is 368 g/mol. The molecule has 1 aromatic rings. The lowest BCUT2D eigenvalue weighted by molar-refractivity contribution is -0.0876. The number of hydrogen-bond donors (Lipinski definition) is 4. The van der Waals surface area contributed by atoms with Crippen molar-refractivity contribution >= 4 is 17.9 Å². The van der Waals surface area contributed by atoms with E-state index in [1.807, 2.05) is 10.7 Å². The van der Waals surface area contributed by atoms with Crippen molar-refractivity contribution in [1.29, 1.82) is 0 Å². The van der Waals surface area contributed by atoms with E-state index in [0.717, 1.165) is 0 Å². The van der Waals surface area contributed by atoms with Crippen LogP contribution in [0.5, 0.6) is 0 Å². The van der Waals surface area contributed by atoms with Crippen molar-refractivity contribution in [2.45, 2.75) is 43.8 Å². The Hall–Kier alpha value is -2.75. The van der Waals surface area contributed by atoms with Crippen molar-refractivity contribution in [3.63, 3.8) is 0 Å². The zero-order valence-corrected chi connectivity index (χ0v) is 13.7. The van der Waals surface area contributed by atoms with Crippen molar-refractivity contribution in [2.75, 3.05) is 0 Å². The van der Waals surface area contributed by atoms with Gasteiger partial charge in [0.2, 0.25) is 0 Å². The Balaban J connectivity index is 1.90. The quantitative estimate of drug-likeness (QED) is 0.361. The summed E-state index contributed by atoms with van der Waals surface area (Å²) in [5.41, 5.74) is 2.96. The van der Waals surface area contributed by atoms with Gasteiger partial charge in [0, 0.05) is 24.1 Å². The van der Waals surface area contributed by atoms with Crippen molar-refractivity contribution in [2.24, 2.45) is 5.84 Å². The first-order valence-electron chi connectivity index (χ1n) is 8.06. The third kappa shape index (κ3) is 3.07. The molecule has 2 aliphatic rings. The van der Waals surface area contributed by atoms with E-state index in [4.69, 9.17) is 10.9 Å². The van der Waals surface area contributed by atoms with Gasteiger partial charge in [-0.1, -0.05) is 6.07 Å². The first-order chi connectivity index (χ1) is 12.2. The minimum absolute atomic E-state index is 0.0806. The minimum Gasteiger partial charge on any atom is -0.465 e. The van der Waals surface area contributed by atoms with Gasteiger partial charge in [-0.3, -0.25) is 15.0 Å². The second kappa shape index (κ2) is 6.52. The maximum Gasteiger partial charge on any atom is 0.405 e. The molecule has 1 saturated carbocycles. The predicted octanol–water partition coefficient (Wildman–Crippen LogP) is 1.07. The number of nitrogens with zero attached hydrogens (tertiary/aromatic N) is 1. The second-order valence-electron chi connectivity index (χ2n) is 6.43. The number of fused-ring (bicyclic) bond motifs is 1. The van der Waals surface area contributed by atoms with Crippen LogP contribution in [0.4, 0.5) is 13.6 Å². The lowest BCUT2D eigenvalue weighted by Gasteiger charge is -2.42. The molecule has 1 aliphatic carbocycles. The Morgan fingerprint density at radius 2 is 2.08 bits per heavy atom. The topological polar surface area (TPSA) is 125 Å². The molecule has 0 saturated heterocycles. The summed E-state index contributed by atoms with van der Waals surface area (Å²) in [4.78, 5) is 36.6. The van der Waals surface area contributed by atoms with Crippen molar-refractivity contribution in [1.82, 2.24) is 15.6 Å². The van der Waals surface area contributed by atoms with E-state index in [0.29, 0.717) is 5.56 Å². The summed E-state index contributed by atoms with van der Waals surface area (Å²) in [6, 6.07) is 1.76. The number of carbonyl (C=O) groups is 3. The number of nitrogens with one attached hydrogen (secondary N) is 2. The van der Waals surface area contributed by atoms with Gasteiger partial charge in [0.15, 0.2) is 0 Å². The number of carboxylic acid groups (broad SMARTS) is 1. The standard InChI is InChI=1S/C16H18F2N4O4/c17-16(18)5-1-2-11(12(16)20-15(25)26)22-7-9-4-3-8(13(23)21-19)6-10(9)14(22)24/h3-4,6,11-12,20H,1-2,5,7,19H2,(H,21,23)(H,25,26)/t11-,12+/m1/s1. The molecule has 8 nitrogen and oxygen atoms in total. The van der Waals surface area contributed by atoms with Crippen LogP contribution in [-0.4, -0.2) is 45.9 Å². The van der Waals surface area contributed by atoms with E-state index in [1.54, 1.807) is 6.07 Å². The molecule has 5 N–H and O–H groups in total. The zero-order chi connectivity index (χ0) is 19.1. The minimum atomic E-state index is -3.25. The highest BCUT2D eigenvalue weighted by Crippen LogP contribution is 2.38. The molecule has 0 spiro atoms. The molecule has 3 amide bonds. The number of hydrogen-bond acceptors (Lipinski definition) is 4. The van der Waals surface area contributed by atoms with E-state index < -0.39 is 42.3 Å². The van der Waals surface area contributed by atoms with Gasteiger partial charge in [0.25, 0.3) is 17.7 Å². The lowest BCUT2D eigenvalue weighted by Crippen LogP contribution is -2.61. The van der Waals surface area contributed by atoms with E-state index in [1.165, 1.54) is 17.0 Å². The molecule has 1 aromatic carbocycles. The summed E-state index contributed by atoms with van der Waals surface area (Å²) in [5.74, 6) is 0.748. The van der Waals surface area contributed by atoms with E-state index in [9.17, 15) is 23.2 Å². The van der Waals surface area contributed by atoms with Gasteiger partial charge in [-0.05, 0) is 30.5 Å². The third-order valence-electron chi connectivity index (χ3n) is 4.86. The first kappa shape index (κ1) is 18.1. The van der Waals surface area contributed by atoms with Crippen LogP contribution in [0.1, 0.15) is 45.5 Å². The van der Waals surface area contributed by atoms with E-state index in [2.05, 4.69) is 0 Å². The van der Waals surface area contributed by atoms with Crippen LogP contribution in [0.25, 0.3) is 0 Å². The van der Waals surface area contributed by atoms with Crippen molar-refractivity contribution in [3.8, 4) is 0 Å². The number of rotatable bonds is 3. The van der Waals surface area contributed by atoms with Gasteiger partial charge in [-0.2, -0.15) is 0 Å². The summed E-state index contributed by atoms with van der Waals surface area (Å²) in [6.07, 6.45) is -1.57. The summed E-state index contributed by atoms with van der Waals surface area (Å²) >= 11 is 0. The van der Waals surface area contributed by atoms with Crippen molar-refractivity contribution in [3.05, 3.63) is 34.9 Å². The molecule has 0 aromatic heterocycles. The van der Waals surface area contributed by atoms with Crippen LogP contribution in [0.15, 0.2) is 18.2 Å². The number of hydrazine groups is 1. The largest absolute Gasteiger partial charge is 0.465 e. The summed E-state index contributed by atoms with van der Waals surface area (Å²) in [6.45, 7) is 0.0806. The summed E-state index contributed by atoms with van der Waals surface area (Å²) in [7, 11) is 0.